The van der Waals surface area contributed by atoms with Crippen LogP contribution in [0.1, 0.15) is 24.7 Å². The normalized spacial score (nSPS) is 10.8. The van der Waals surface area contributed by atoms with E-state index in [1.807, 2.05) is 57.2 Å². The Morgan fingerprint density at radius 3 is 1.10 bits per heavy atom. The van der Waals surface area contributed by atoms with Crippen LogP contribution >= 0.6 is 0 Å². The Morgan fingerprint density at radius 1 is 0.600 bits per heavy atom. The standard InChI is InChI=1S/3C5H5O.CH4.Cr/c3*1-5-3-2-4-6-5;;/h3*2-3H,1H3;1H4;. The number of aryl methyl sites for hydroxylation is 3. The van der Waals surface area contributed by atoms with Crippen LogP contribution in [0.2, 0.25) is 0 Å². The maximum absolute atomic E-state index is 5.81. The van der Waals surface area contributed by atoms with Crippen LogP contribution in [-0.4, -0.2) is 0 Å². The Morgan fingerprint density at radius 2 is 0.900 bits per heavy atom. The topological polar surface area (TPSA) is 39.4 Å². The van der Waals surface area contributed by atoms with Crippen LogP contribution in [0.15, 0.2) is 49.6 Å². The van der Waals surface area contributed by atoms with Gasteiger partial charge in [-0.25, -0.2) is 0 Å². The molecule has 0 radical (unpaired) electrons. The molecule has 20 heavy (non-hydrogen) atoms. The van der Waals surface area contributed by atoms with E-state index in [-0.39, 0.29) is 7.43 Å². The summed E-state index contributed by atoms with van der Waals surface area (Å²) in [5, 5.41) is 0. The predicted molar refractivity (Wildman–Crippen MR) is 76.0 cm³/mol. The molecule has 0 N–H and O–H groups in total. The molecule has 3 nitrogen and oxygen atoms in total. The van der Waals surface area contributed by atoms with Gasteiger partial charge in [-0.1, -0.05) is 7.43 Å². The molecule has 0 aliphatic heterocycles. The fraction of sp³-hybridized carbons (Fsp3) is 0.250. The van der Waals surface area contributed by atoms with Gasteiger partial charge < -0.3 is 0 Å². The molecule has 0 saturated heterocycles. The van der Waals surface area contributed by atoms with E-state index in [1.165, 1.54) is 0 Å². The van der Waals surface area contributed by atoms with Gasteiger partial charge in [0.25, 0.3) is 0 Å². The van der Waals surface area contributed by atoms with Gasteiger partial charge in [-0.2, -0.15) is 0 Å². The van der Waals surface area contributed by atoms with Crippen LogP contribution in [0, 0.1) is 20.8 Å². The Kier molecular flexibility index (Phi) is 4.27. The first kappa shape index (κ1) is 14.8. The van der Waals surface area contributed by atoms with Crippen LogP contribution < -0.4 is 13.9 Å². The van der Waals surface area contributed by atoms with Gasteiger partial charge in [0.2, 0.25) is 0 Å². The second kappa shape index (κ2) is 5.78. The summed E-state index contributed by atoms with van der Waals surface area (Å²) in [6.45, 7) is 5.86. The van der Waals surface area contributed by atoms with E-state index < -0.39 is 14.1 Å². The van der Waals surface area contributed by atoms with E-state index in [0.29, 0.717) is 0 Å². The van der Waals surface area contributed by atoms with Crippen molar-refractivity contribution in [1.29, 1.82) is 0 Å². The quantitative estimate of drug-likeness (QED) is 0.746. The van der Waals surface area contributed by atoms with Crippen molar-refractivity contribution in [2.24, 2.45) is 0 Å². The minimum atomic E-state index is -1.58. The predicted octanol–water partition coefficient (Wildman–Crippen LogP) is 2.92. The zero-order valence-corrected chi connectivity index (χ0v) is 12.4. The van der Waals surface area contributed by atoms with Gasteiger partial charge in [0.1, 0.15) is 0 Å². The number of hydrogen-bond donors (Lipinski definition) is 0. The van der Waals surface area contributed by atoms with Crippen LogP contribution in [-0.2, 0) is 14.1 Å². The Labute approximate surface area is 123 Å². The maximum atomic E-state index is 5.81. The summed E-state index contributed by atoms with van der Waals surface area (Å²) >= 11 is -1.58. The molecule has 0 spiro atoms. The first-order valence-corrected chi connectivity index (χ1v) is 7.98. The second-order valence-electron chi connectivity index (χ2n) is 4.40. The molecule has 0 aliphatic carbocycles. The molecule has 0 atom stereocenters. The van der Waals surface area contributed by atoms with E-state index in [2.05, 4.69) is 0 Å². The van der Waals surface area contributed by atoms with Crippen molar-refractivity contribution in [2.75, 3.05) is 0 Å². The third-order valence-corrected chi connectivity index (χ3v) is 5.66. The van der Waals surface area contributed by atoms with Gasteiger partial charge in [0, 0.05) is 0 Å². The van der Waals surface area contributed by atoms with Crippen molar-refractivity contribution in [2.45, 2.75) is 28.2 Å². The Balaban J connectivity index is 0.00000147. The Hall–Kier alpha value is -1.63. The summed E-state index contributed by atoms with van der Waals surface area (Å²) in [6, 6.07) is 12.0. The molecule has 0 amide bonds. The molecule has 0 unspecified atom stereocenters. The van der Waals surface area contributed by atoms with E-state index in [1.54, 1.807) is 0 Å². The second-order valence-corrected chi connectivity index (χ2v) is 7.24. The van der Waals surface area contributed by atoms with E-state index in [4.69, 9.17) is 13.3 Å². The molecule has 3 rings (SSSR count). The number of rotatable bonds is 3. The van der Waals surface area contributed by atoms with Gasteiger partial charge in [0.05, 0.1) is 0 Å². The van der Waals surface area contributed by atoms with E-state index in [0.717, 1.165) is 31.1 Å². The average molecular weight is 311 g/mol. The summed E-state index contributed by atoms with van der Waals surface area (Å²) in [6.07, 6.45) is 0. The molecule has 0 aromatic carbocycles. The molecule has 0 fully saturated rings. The van der Waals surface area contributed by atoms with E-state index >= 15 is 0 Å². The van der Waals surface area contributed by atoms with E-state index in [9.17, 15) is 0 Å². The van der Waals surface area contributed by atoms with Crippen molar-refractivity contribution in [3.63, 3.8) is 0 Å². The first-order chi connectivity index (χ1) is 9.13. The van der Waals surface area contributed by atoms with Crippen LogP contribution in [0.3, 0.4) is 0 Å². The average Bonchev–Trinajstić information content (AvgIpc) is 3.05. The zero-order chi connectivity index (χ0) is 13.4. The van der Waals surface area contributed by atoms with Crippen LogP contribution in [0.25, 0.3) is 0 Å². The monoisotopic (exact) mass is 311 g/mol. The van der Waals surface area contributed by atoms with Crippen molar-refractivity contribution >= 4 is 13.9 Å². The molecule has 4 heteroatoms. The van der Waals surface area contributed by atoms with Gasteiger partial charge in [-0.05, 0) is 0 Å². The fourth-order valence-corrected chi connectivity index (χ4v) is 4.75. The molecule has 0 saturated carbocycles. The fourth-order valence-electron chi connectivity index (χ4n) is 1.86. The van der Waals surface area contributed by atoms with Gasteiger partial charge in [-0.15, -0.1) is 0 Å². The zero-order valence-electron chi connectivity index (χ0n) is 11.1. The molecular weight excluding hydrogens is 292 g/mol. The van der Waals surface area contributed by atoms with Crippen molar-refractivity contribution in [3.8, 4) is 0 Å². The molecule has 3 heterocycles. The third kappa shape index (κ3) is 2.77. The summed E-state index contributed by atoms with van der Waals surface area (Å²) in [5.74, 6) is 2.74. The third-order valence-electron chi connectivity index (χ3n) is 2.75. The summed E-state index contributed by atoms with van der Waals surface area (Å²) in [7, 11) is 0. The minimum absolute atomic E-state index is 0. The Bertz CT molecular complexity index is 594. The van der Waals surface area contributed by atoms with Crippen molar-refractivity contribution in [1.82, 2.24) is 0 Å². The molecule has 0 bridgehead atoms. The number of hydrogen-bond acceptors (Lipinski definition) is 3. The summed E-state index contributed by atoms with van der Waals surface area (Å²) in [4.78, 5) is 0. The number of furan rings is 3. The molecule has 0 aliphatic rings. The van der Waals surface area contributed by atoms with Crippen LogP contribution in [0.4, 0.5) is 0 Å². The summed E-state index contributed by atoms with van der Waals surface area (Å²) in [5.41, 5.74) is 0. The molecule has 3 aromatic heterocycles. The van der Waals surface area contributed by atoms with Crippen molar-refractivity contribution < 1.29 is 27.4 Å². The van der Waals surface area contributed by atoms with Crippen LogP contribution in [0.5, 0.6) is 0 Å². The first-order valence-electron chi connectivity index (χ1n) is 6.07. The molecular formula is C16H19CrO3. The van der Waals surface area contributed by atoms with Gasteiger partial charge in [0.15, 0.2) is 0 Å². The SMILES string of the molecule is C.Cc1cc[c]([Cr]([c]2ccc(C)o2)[c]2ccc(C)o2)o1. The molecule has 3 aromatic rings. The van der Waals surface area contributed by atoms with Gasteiger partial charge in [-0.3, -0.25) is 0 Å². The summed E-state index contributed by atoms with van der Waals surface area (Å²) < 4.78 is 20.3. The molecule has 107 valence electrons. The van der Waals surface area contributed by atoms with Crippen molar-refractivity contribution in [3.05, 3.63) is 53.7 Å². The van der Waals surface area contributed by atoms with Gasteiger partial charge >= 0.3 is 116 Å².